The van der Waals surface area contributed by atoms with E-state index in [0.29, 0.717) is 6.42 Å². The molecule has 0 aliphatic rings. The number of carbonyl (C=O) groups is 1. The lowest BCUT2D eigenvalue weighted by molar-refractivity contribution is -0.122. The molecule has 1 atom stereocenters. The van der Waals surface area contributed by atoms with E-state index in [1.165, 1.54) is 12.1 Å². The maximum Gasteiger partial charge on any atom is 0.220 e. The summed E-state index contributed by atoms with van der Waals surface area (Å²) in [7, 11) is 0. The molecule has 0 radical (unpaired) electrons. The summed E-state index contributed by atoms with van der Waals surface area (Å²) in [6, 6.07) is 6.24. The highest BCUT2D eigenvalue weighted by Gasteiger charge is 2.27. The molecule has 0 spiro atoms. The summed E-state index contributed by atoms with van der Waals surface area (Å²) in [5.41, 5.74) is 0.816. The van der Waals surface area contributed by atoms with Gasteiger partial charge in [0.15, 0.2) is 0 Å². The monoisotopic (exact) mass is 343 g/mol. The van der Waals surface area contributed by atoms with Crippen LogP contribution in [0, 0.1) is 11.2 Å². The van der Waals surface area contributed by atoms with Crippen LogP contribution in [-0.2, 0) is 4.79 Å². The van der Waals surface area contributed by atoms with Crippen molar-refractivity contribution in [3.8, 4) is 0 Å². The third kappa shape index (κ3) is 5.61. The van der Waals surface area contributed by atoms with Crippen molar-refractivity contribution in [1.29, 1.82) is 0 Å². The van der Waals surface area contributed by atoms with Gasteiger partial charge in [0, 0.05) is 11.8 Å². The minimum atomic E-state index is -0.259. The van der Waals surface area contributed by atoms with Crippen LogP contribution in [0.3, 0.4) is 0 Å². The third-order valence-corrected chi connectivity index (χ3v) is 3.72. The largest absolute Gasteiger partial charge is 0.349 e. The molecule has 112 valence electrons. The van der Waals surface area contributed by atoms with Gasteiger partial charge < -0.3 is 5.32 Å². The molecule has 4 heteroatoms. The van der Waals surface area contributed by atoms with Crippen LogP contribution in [0.1, 0.15) is 51.6 Å². The van der Waals surface area contributed by atoms with E-state index in [9.17, 15) is 9.18 Å². The smallest absolute Gasteiger partial charge is 0.220 e. The van der Waals surface area contributed by atoms with Crippen LogP contribution in [-0.4, -0.2) is 11.2 Å². The third-order valence-electron chi connectivity index (χ3n) is 3.16. The Bertz CT molecular complexity index is 425. The molecule has 0 heterocycles. The SMILES string of the molecule is CC(C)(C)C(NC(=O)CCCCBr)c1ccc(F)cc1. The Kier molecular flexibility index (Phi) is 6.66. The average Bonchev–Trinajstić information content (AvgIpc) is 2.36. The van der Waals surface area contributed by atoms with E-state index in [0.717, 1.165) is 23.7 Å². The van der Waals surface area contributed by atoms with E-state index in [1.54, 1.807) is 12.1 Å². The Balaban J connectivity index is 2.76. The van der Waals surface area contributed by atoms with Gasteiger partial charge in [-0.05, 0) is 36.0 Å². The van der Waals surface area contributed by atoms with Gasteiger partial charge in [0.1, 0.15) is 5.82 Å². The summed E-state index contributed by atoms with van der Waals surface area (Å²) in [5, 5.41) is 3.99. The van der Waals surface area contributed by atoms with E-state index >= 15 is 0 Å². The van der Waals surface area contributed by atoms with Gasteiger partial charge in [-0.25, -0.2) is 4.39 Å². The highest BCUT2D eigenvalue weighted by molar-refractivity contribution is 9.09. The predicted octanol–water partition coefficient (Wildman–Crippen LogP) is 4.59. The summed E-state index contributed by atoms with van der Waals surface area (Å²) in [5.74, 6) is -0.208. The topological polar surface area (TPSA) is 29.1 Å². The minimum Gasteiger partial charge on any atom is -0.349 e. The lowest BCUT2D eigenvalue weighted by Gasteiger charge is -2.32. The van der Waals surface area contributed by atoms with E-state index in [4.69, 9.17) is 0 Å². The minimum absolute atomic E-state index is 0.0511. The summed E-state index contributed by atoms with van der Waals surface area (Å²) in [6.45, 7) is 6.21. The first kappa shape index (κ1) is 17.2. The lowest BCUT2D eigenvalue weighted by atomic mass is 9.82. The molecule has 1 amide bonds. The molecule has 0 aliphatic carbocycles. The molecule has 1 rings (SSSR count). The highest BCUT2D eigenvalue weighted by Crippen LogP contribution is 2.32. The normalized spacial score (nSPS) is 13.1. The first-order valence-corrected chi connectivity index (χ1v) is 8.07. The quantitative estimate of drug-likeness (QED) is 0.593. The number of nitrogens with one attached hydrogen (secondary N) is 1. The number of alkyl halides is 1. The second-order valence-corrected chi connectivity index (χ2v) is 6.86. The molecule has 0 aromatic heterocycles. The number of rotatable bonds is 6. The van der Waals surface area contributed by atoms with Crippen LogP contribution in [0.2, 0.25) is 0 Å². The lowest BCUT2D eigenvalue weighted by Crippen LogP contribution is -2.36. The summed E-state index contributed by atoms with van der Waals surface area (Å²) < 4.78 is 13.0. The molecular formula is C16H23BrFNO. The van der Waals surface area contributed by atoms with Gasteiger partial charge in [0.25, 0.3) is 0 Å². The van der Waals surface area contributed by atoms with E-state index in [1.807, 2.05) is 0 Å². The van der Waals surface area contributed by atoms with Crippen LogP contribution in [0.25, 0.3) is 0 Å². The van der Waals surface area contributed by atoms with Crippen molar-refractivity contribution in [1.82, 2.24) is 5.32 Å². The van der Waals surface area contributed by atoms with Gasteiger partial charge in [-0.2, -0.15) is 0 Å². The van der Waals surface area contributed by atoms with Gasteiger partial charge in [-0.3, -0.25) is 4.79 Å². The second kappa shape index (κ2) is 7.77. The Morgan fingerprint density at radius 1 is 1.25 bits per heavy atom. The van der Waals surface area contributed by atoms with Gasteiger partial charge >= 0.3 is 0 Å². The van der Waals surface area contributed by atoms with Crippen LogP contribution < -0.4 is 5.32 Å². The zero-order valence-corrected chi connectivity index (χ0v) is 14.0. The molecule has 0 aliphatic heterocycles. The fourth-order valence-electron chi connectivity index (χ4n) is 2.07. The number of hydrogen-bond donors (Lipinski definition) is 1. The van der Waals surface area contributed by atoms with E-state index < -0.39 is 0 Å². The Morgan fingerprint density at radius 2 is 1.85 bits per heavy atom. The Hall–Kier alpha value is -0.900. The predicted molar refractivity (Wildman–Crippen MR) is 84.4 cm³/mol. The maximum absolute atomic E-state index is 13.0. The van der Waals surface area contributed by atoms with Crippen molar-refractivity contribution in [2.45, 2.75) is 46.1 Å². The molecule has 0 fully saturated rings. The molecule has 1 unspecified atom stereocenters. The number of hydrogen-bond acceptors (Lipinski definition) is 1. The first-order chi connectivity index (χ1) is 9.34. The van der Waals surface area contributed by atoms with Crippen molar-refractivity contribution in [2.24, 2.45) is 5.41 Å². The van der Waals surface area contributed by atoms with Gasteiger partial charge in [0.05, 0.1) is 6.04 Å². The van der Waals surface area contributed by atoms with Crippen LogP contribution in [0.15, 0.2) is 24.3 Å². The molecule has 0 saturated heterocycles. The molecule has 1 aromatic carbocycles. The van der Waals surface area contributed by atoms with Gasteiger partial charge in [-0.1, -0.05) is 48.8 Å². The first-order valence-electron chi connectivity index (χ1n) is 6.95. The van der Waals surface area contributed by atoms with Gasteiger partial charge in [-0.15, -0.1) is 0 Å². The van der Waals surface area contributed by atoms with Crippen molar-refractivity contribution in [2.75, 3.05) is 5.33 Å². The van der Waals surface area contributed by atoms with Crippen LogP contribution in [0.4, 0.5) is 4.39 Å². The molecule has 1 aromatic rings. The zero-order chi connectivity index (χ0) is 15.2. The van der Waals surface area contributed by atoms with Crippen molar-refractivity contribution in [3.63, 3.8) is 0 Å². The zero-order valence-electron chi connectivity index (χ0n) is 12.4. The Labute approximate surface area is 129 Å². The van der Waals surface area contributed by atoms with E-state index in [-0.39, 0.29) is 23.2 Å². The standard InChI is InChI=1S/C16H23BrFNO/c1-16(2,3)15(12-7-9-13(18)10-8-12)19-14(20)6-4-5-11-17/h7-10,15H,4-6,11H2,1-3H3,(H,19,20). The molecule has 1 N–H and O–H groups in total. The summed E-state index contributed by atoms with van der Waals surface area (Å²) in [4.78, 5) is 12.0. The summed E-state index contributed by atoms with van der Waals surface area (Å²) >= 11 is 3.36. The van der Waals surface area contributed by atoms with Crippen LogP contribution >= 0.6 is 15.9 Å². The number of carbonyl (C=O) groups excluding carboxylic acids is 1. The summed E-state index contributed by atoms with van der Waals surface area (Å²) in [6.07, 6.45) is 2.39. The highest BCUT2D eigenvalue weighted by atomic mass is 79.9. The van der Waals surface area contributed by atoms with E-state index in [2.05, 4.69) is 42.0 Å². The Morgan fingerprint density at radius 3 is 2.35 bits per heavy atom. The van der Waals surface area contributed by atoms with Gasteiger partial charge in [0.2, 0.25) is 5.91 Å². The number of amides is 1. The average molecular weight is 344 g/mol. The fraction of sp³-hybridized carbons (Fsp3) is 0.562. The number of halogens is 2. The maximum atomic E-state index is 13.0. The van der Waals surface area contributed by atoms with Crippen LogP contribution in [0.5, 0.6) is 0 Å². The number of benzene rings is 1. The van der Waals surface area contributed by atoms with Crippen molar-refractivity contribution in [3.05, 3.63) is 35.6 Å². The number of unbranched alkanes of at least 4 members (excludes halogenated alkanes) is 1. The molecule has 0 saturated carbocycles. The second-order valence-electron chi connectivity index (χ2n) is 6.06. The molecule has 2 nitrogen and oxygen atoms in total. The molecule has 0 bridgehead atoms. The van der Waals surface area contributed by atoms with Crippen molar-refractivity contribution >= 4 is 21.8 Å². The van der Waals surface area contributed by atoms with Crippen molar-refractivity contribution < 1.29 is 9.18 Å². The fourth-order valence-corrected chi connectivity index (χ4v) is 2.46. The molecule has 20 heavy (non-hydrogen) atoms. The molecular weight excluding hydrogens is 321 g/mol.